The van der Waals surface area contributed by atoms with Gasteiger partial charge in [0, 0.05) is 77.1 Å². The molecule has 22 heteroatoms. The zero-order chi connectivity index (χ0) is 39.0. The van der Waals surface area contributed by atoms with Gasteiger partial charge in [0.05, 0.1) is 36.4 Å². The van der Waals surface area contributed by atoms with E-state index in [0.717, 1.165) is 21.6 Å². The van der Waals surface area contributed by atoms with Gasteiger partial charge in [0.15, 0.2) is 5.37 Å². The molecular formula is C30H47N7O13S2. The number of likely N-dealkylation sites (tertiary alicyclic amines) is 2. The average molecular weight is 778 g/mol. The highest BCUT2D eigenvalue weighted by Crippen LogP contribution is 2.27. The van der Waals surface area contributed by atoms with Crippen LogP contribution >= 0.6 is 23.5 Å². The molecule has 2 saturated heterocycles. The summed E-state index contributed by atoms with van der Waals surface area (Å²) in [5.74, 6) is -5.14. The highest BCUT2D eigenvalue weighted by Gasteiger charge is 2.41. The van der Waals surface area contributed by atoms with Crippen molar-refractivity contribution in [3.8, 4) is 0 Å². The first-order valence-electron chi connectivity index (χ1n) is 16.5. The Morgan fingerprint density at radius 2 is 1.44 bits per heavy atom. The van der Waals surface area contributed by atoms with Gasteiger partial charge in [0.25, 0.3) is 0 Å². The lowest BCUT2D eigenvalue weighted by molar-refractivity contribution is -0.140. The Bertz CT molecular complexity index is 1340. The third-order valence-electron chi connectivity index (χ3n) is 7.95. The summed E-state index contributed by atoms with van der Waals surface area (Å²) in [7, 11) is 0. The van der Waals surface area contributed by atoms with E-state index in [9.17, 15) is 58.5 Å². The molecule has 9 N–H and O–H groups in total. The first kappa shape index (κ1) is 44.5. The highest BCUT2D eigenvalue weighted by atomic mass is 32.2. The molecule has 0 bridgehead atoms. The molecule has 2 rings (SSSR count). The Hall–Kier alpha value is -3.67. The fourth-order valence-corrected chi connectivity index (χ4v) is 7.04. The summed E-state index contributed by atoms with van der Waals surface area (Å²) >= 11 is 1.77. The van der Waals surface area contributed by atoms with Crippen LogP contribution in [0.1, 0.15) is 39.0 Å². The van der Waals surface area contributed by atoms with Crippen LogP contribution in [-0.4, -0.2) is 181 Å². The van der Waals surface area contributed by atoms with Crippen LogP contribution in [0.3, 0.4) is 0 Å². The van der Waals surface area contributed by atoms with Crippen LogP contribution in [0, 0.1) is 0 Å². The van der Waals surface area contributed by atoms with E-state index in [4.69, 9.17) is 10.8 Å². The first-order valence-corrected chi connectivity index (χ1v) is 18.5. The smallest absolute Gasteiger partial charge is 0.331 e. The van der Waals surface area contributed by atoms with Crippen molar-refractivity contribution in [3.63, 3.8) is 0 Å². The number of hydrogen-bond donors (Lipinski definition) is 8. The van der Waals surface area contributed by atoms with Crippen molar-refractivity contribution in [1.29, 1.82) is 0 Å². The number of carboxylic acid groups (broad SMARTS) is 1. The Morgan fingerprint density at radius 1 is 0.904 bits per heavy atom. The Balaban J connectivity index is 1.66. The number of nitrogens with one attached hydrogen (secondary N) is 3. The second-order valence-electron chi connectivity index (χ2n) is 11.8. The van der Waals surface area contributed by atoms with Crippen molar-refractivity contribution in [2.24, 2.45) is 5.73 Å². The molecule has 0 spiro atoms. The molecule has 0 radical (unpaired) electrons. The standard InChI is InChI=1S/C30H47N7O13S2/c1-2-17(40)15-35(8-9-38)19(16-39)27(46)32-5-10-51-20-11-24(44)36(28(20)47)6-3-22(42)33-13-18(41)14-34-23(43)4-7-37-25(45)12-21(29(37)48)52-26(31)30(49)50/h18-21,26,38-39,41H,2-16,31H2,1H3,(H,32,46)(H,33,42)(H,34,43)(H,49,50). The third kappa shape index (κ3) is 14.0. The number of aliphatic hydroxyl groups is 3. The molecule has 0 aromatic heterocycles. The van der Waals surface area contributed by atoms with Gasteiger partial charge >= 0.3 is 5.97 Å². The van der Waals surface area contributed by atoms with Crippen molar-refractivity contribution in [2.45, 2.75) is 67.0 Å². The highest BCUT2D eigenvalue weighted by molar-refractivity contribution is 8.01. The number of rotatable bonds is 25. The van der Waals surface area contributed by atoms with Crippen molar-refractivity contribution in [2.75, 3.05) is 64.8 Å². The summed E-state index contributed by atoms with van der Waals surface area (Å²) in [5, 5.41) is 42.5. The van der Waals surface area contributed by atoms with E-state index in [1.54, 1.807) is 6.92 Å². The maximum Gasteiger partial charge on any atom is 0.331 e. The first-order chi connectivity index (χ1) is 24.6. The quantitative estimate of drug-likeness (QED) is 0.0245. The predicted molar refractivity (Wildman–Crippen MR) is 185 cm³/mol. The van der Waals surface area contributed by atoms with Gasteiger partial charge in [-0.05, 0) is 0 Å². The number of carbonyl (C=O) groups excluding carboxylic acids is 8. The fourth-order valence-electron chi connectivity index (χ4n) is 5.06. The van der Waals surface area contributed by atoms with Crippen LogP contribution in [0.15, 0.2) is 0 Å². The Labute approximate surface area is 307 Å². The van der Waals surface area contributed by atoms with E-state index < -0.39 is 81.9 Å². The number of thioether (sulfide) groups is 2. The Kier molecular flexibility index (Phi) is 19.2. The molecule has 0 aromatic rings. The number of aliphatic hydroxyl groups excluding tert-OH is 3. The van der Waals surface area contributed by atoms with Gasteiger partial charge in [-0.15, -0.1) is 23.5 Å². The van der Waals surface area contributed by atoms with Gasteiger partial charge in [-0.25, -0.2) is 4.79 Å². The predicted octanol–water partition coefficient (Wildman–Crippen LogP) is -4.80. The number of carboxylic acids is 1. The van der Waals surface area contributed by atoms with Crippen molar-refractivity contribution in [3.05, 3.63) is 0 Å². The number of nitrogens with zero attached hydrogens (tertiary/aromatic N) is 3. The number of aliphatic carboxylic acids is 1. The molecule has 7 amide bonds. The summed E-state index contributed by atoms with van der Waals surface area (Å²) in [6.45, 7) is -0.209. The van der Waals surface area contributed by atoms with E-state index >= 15 is 0 Å². The number of ketones is 1. The third-order valence-corrected chi connectivity index (χ3v) is 10.4. The van der Waals surface area contributed by atoms with E-state index in [1.807, 2.05) is 0 Å². The molecule has 0 aliphatic carbocycles. The molecule has 5 atom stereocenters. The zero-order valence-electron chi connectivity index (χ0n) is 28.7. The Morgan fingerprint density at radius 3 is 1.94 bits per heavy atom. The molecule has 2 heterocycles. The molecule has 52 heavy (non-hydrogen) atoms. The van der Waals surface area contributed by atoms with Gasteiger partial charge in [-0.2, -0.15) is 0 Å². The lowest BCUT2D eigenvalue weighted by Crippen LogP contribution is -2.52. The maximum atomic E-state index is 12.8. The molecule has 5 unspecified atom stereocenters. The van der Waals surface area contributed by atoms with Crippen LogP contribution in [0.5, 0.6) is 0 Å². The number of hydrogen-bond acceptors (Lipinski definition) is 16. The molecule has 2 aliphatic heterocycles. The summed E-state index contributed by atoms with van der Waals surface area (Å²) in [6, 6.07) is -1.05. The second-order valence-corrected chi connectivity index (χ2v) is 14.4. The minimum atomic E-state index is -1.39. The molecule has 292 valence electrons. The molecule has 0 aromatic carbocycles. The summed E-state index contributed by atoms with van der Waals surface area (Å²) in [5.41, 5.74) is 5.41. The zero-order valence-corrected chi connectivity index (χ0v) is 30.3. The van der Waals surface area contributed by atoms with Crippen molar-refractivity contribution < 1.29 is 63.6 Å². The van der Waals surface area contributed by atoms with Crippen LogP contribution in [0.25, 0.3) is 0 Å². The molecule has 0 saturated carbocycles. The normalized spacial score (nSPS) is 19.2. The van der Waals surface area contributed by atoms with Crippen LogP contribution < -0.4 is 21.7 Å². The van der Waals surface area contributed by atoms with Gasteiger partial charge in [-0.3, -0.25) is 53.1 Å². The molecular weight excluding hydrogens is 731 g/mol. The molecule has 2 fully saturated rings. The van der Waals surface area contributed by atoms with Gasteiger partial charge < -0.3 is 42.1 Å². The van der Waals surface area contributed by atoms with Gasteiger partial charge in [0.1, 0.15) is 11.8 Å². The number of amides is 7. The van der Waals surface area contributed by atoms with E-state index in [2.05, 4.69) is 16.0 Å². The summed E-state index contributed by atoms with van der Waals surface area (Å²) in [4.78, 5) is 113. The van der Waals surface area contributed by atoms with Crippen molar-refractivity contribution in [1.82, 2.24) is 30.7 Å². The SMILES string of the molecule is CCC(=O)CN(CCO)C(CO)C(=O)NCCSC1CC(=O)N(CCC(=O)NCC(O)CNC(=O)CCN2C(=O)CC(SC(N)C(=O)O)C2=O)C1=O. The number of carbonyl (C=O) groups is 9. The average Bonchev–Trinajstić information content (AvgIpc) is 3.53. The number of Topliss-reactive ketones (excluding diaryl/α,β-unsaturated/α-hetero) is 1. The lowest BCUT2D eigenvalue weighted by atomic mass is 10.2. The lowest BCUT2D eigenvalue weighted by Gasteiger charge is -2.28. The number of imide groups is 2. The van der Waals surface area contributed by atoms with E-state index in [0.29, 0.717) is 11.8 Å². The summed E-state index contributed by atoms with van der Waals surface area (Å²) < 4.78 is 0. The molecule has 20 nitrogen and oxygen atoms in total. The monoisotopic (exact) mass is 777 g/mol. The summed E-state index contributed by atoms with van der Waals surface area (Å²) in [6.07, 6.45) is -1.83. The van der Waals surface area contributed by atoms with E-state index in [-0.39, 0.29) is 96.1 Å². The van der Waals surface area contributed by atoms with Crippen LogP contribution in [-0.2, 0) is 43.2 Å². The van der Waals surface area contributed by atoms with Gasteiger partial charge in [-0.1, -0.05) is 6.92 Å². The minimum Gasteiger partial charge on any atom is -0.479 e. The fraction of sp³-hybridized carbons (Fsp3) is 0.700. The maximum absolute atomic E-state index is 12.8. The largest absolute Gasteiger partial charge is 0.479 e. The van der Waals surface area contributed by atoms with Gasteiger partial charge in [0.2, 0.25) is 41.4 Å². The molecule has 2 aliphatic rings. The minimum absolute atomic E-state index is 0.0117. The second kappa shape index (κ2) is 22.4. The van der Waals surface area contributed by atoms with E-state index in [1.165, 1.54) is 4.90 Å². The van der Waals surface area contributed by atoms with Crippen LogP contribution in [0.2, 0.25) is 0 Å². The van der Waals surface area contributed by atoms with Crippen LogP contribution in [0.4, 0.5) is 0 Å². The van der Waals surface area contributed by atoms with Crippen molar-refractivity contribution >= 4 is 76.6 Å². The topological polar surface area (TPSA) is 306 Å². The number of nitrogens with two attached hydrogens (primary N) is 1.